The molecule has 1 aromatic carbocycles. The minimum atomic E-state index is 0.451. The number of benzene rings is 1. The SMILES string of the molecule is CNCC1CCCCN(C(C)C)C1c1ccc(Cl)cc1Br. The lowest BCUT2D eigenvalue weighted by Gasteiger charge is -2.38. The van der Waals surface area contributed by atoms with Gasteiger partial charge in [-0.25, -0.2) is 0 Å². The quantitative estimate of drug-likeness (QED) is 0.809. The molecule has 0 saturated carbocycles. The highest BCUT2D eigenvalue weighted by Crippen LogP contribution is 2.39. The minimum Gasteiger partial charge on any atom is -0.319 e. The molecule has 21 heavy (non-hydrogen) atoms. The van der Waals surface area contributed by atoms with E-state index in [0.29, 0.717) is 18.0 Å². The van der Waals surface area contributed by atoms with Crippen molar-refractivity contribution in [1.29, 1.82) is 0 Å². The van der Waals surface area contributed by atoms with Crippen LogP contribution in [0.4, 0.5) is 0 Å². The largest absolute Gasteiger partial charge is 0.319 e. The number of hydrogen-bond donors (Lipinski definition) is 1. The molecule has 0 radical (unpaired) electrons. The number of nitrogens with zero attached hydrogens (tertiary/aromatic N) is 1. The number of hydrogen-bond acceptors (Lipinski definition) is 2. The summed E-state index contributed by atoms with van der Waals surface area (Å²) in [5.74, 6) is 0.636. The molecule has 0 aromatic heterocycles. The van der Waals surface area contributed by atoms with Crippen molar-refractivity contribution >= 4 is 27.5 Å². The number of nitrogens with one attached hydrogen (secondary N) is 1. The van der Waals surface area contributed by atoms with Crippen LogP contribution >= 0.6 is 27.5 Å². The van der Waals surface area contributed by atoms with Gasteiger partial charge in [0, 0.05) is 21.6 Å². The summed E-state index contributed by atoms with van der Waals surface area (Å²) in [6.07, 6.45) is 3.89. The summed E-state index contributed by atoms with van der Waals surface area (Å²) < 4.78 is 1.13. The maximum Gasteiger partial charge on any atom is 0.0417 e. The van der Waals surface area contributed by atoms with Crippen molar-refractivity contribution < 1.29 is 0 Å². The highest BCUT2D eigenvalue weighted by atomic mass is 79.9. The van der Waals surface area contributed by atoms with Gasteiger partial charge in [-0.15, -0.1) is 0 Å². The van der Waals surface area contributed by atoms with Gasteiger partial charge in [-0.3, -0.25) is 4.90 Å². The normalized spacial score (nSPS) is 24.3. The van der Waals surface area contributed by atoms with E-state index in [1.807, 2.05) is 12.1 Å². The van der Waals surface area contributed by atoms with Crippen LogP contribution in [0.25, 0.3) is 0 Å². The van der Waals surface area contributed by atoms with Crippen molar-refractivity contribution in [3.8, 4) is 0 Å². The Bertz CT molecular complexity index is 464. The van der Waals surface area contributed by atoms with E-state index in [-0.39, 0.29) is 0 Å². The van der Waals surface area contributed by atoms with Gasteiger partial charge in [0.05, 0.1) is 0 Å². The molecule has 4 heteroatoms. The third-order valence-electron chi connectivity index (χ3n) is 4.46. The average molecular weight is 374 g/mol. The number of halogens is 2. The van der Waals surface area contributed by atoms with E-state index in [9.17, 15) is 0 Å². The monoisotopic (exact) mass is 372 g/mol. The fourth-order valence-electron chi connectivity index (χ4n) is 3.50. The number of likely N-dealkylation sites (tertiary alicyclic amines) is 1. The van der Waals surface area contributed by atoms with Crippen molar-refractivity contribution in [3.05, 3.63) is 33.3 Å². The van der Waals surface area contributed by atoms with E-state index in [2.05, 4.69) is 53.1 Å². The highest BCUT2D eigenvalue weighted by molar-refractivity contribution is 9.10. The lowest BCUT2D eigenvalue weighted by Crippen LogP contribution is -2.40. The molecule has 1 saturated heterocycles. The summed E-state index contributed by atoms with van der Waals surface area (Å²) in [6, 6.07) is 7.24. The first-order valence-corrected chi connectivity index (χ1v) is 9.07. The van der Waals surface area contributed by atoms with Crippen LogP contribution in [0, 0.1) is 5.92 Å². The summed E-state index contributed by atoms with van der Waals surface area (Å²) in [7, 11) is 2.05. The Balaban J connectivity index is 2.42. The topological polar surface area (TPSA) is 15.3 Å². The zero-order chi connectivity index (χ0) is 15.4. The molecule has 1 aromatic rings. The second-order valence-electron chi connectivity index (χ2n) is 6.26. The van der Waals surface area contributed by atoms with Crippen LogP contribution in [0.5, 0.6) is 0 Å². The predicted molar refractivity (Wildman–Crippen MR) is 95.0 cm³/mol. The van der Waals surface area contributed by atoms with Crippen molar-refractivity contribution in [2.45, 2.75) is 45.2 Å². The molecule has 1 fully saturated rings. The molecule has 0 amide bonds. The van der Waals surface area contributed by atoms with E-state index in [4.69, 9.17) is 11.6 Å². The Morgan fingerprint density at radius 2 is 2.14 bits per heavy atom. The fourth-order valence-corrected chi connectivity index (χ4v) is 4.42. The van der Waals surface area contributed by atoms with Gasteiger partial charge in [0.2, 0.25) is 0 Å². The highest BCUT2D eigenvalue weighted by Gasteiger charge is 2.33. The van der Waals surface area contributed by atoms with E-state index >= 15 is 0 Å². The second-order valence-corrected chi connectivity index (χ2v) is 7.55. The molecule has 1 aliphatic rings. The van der Waals surface area contributed by atoms with Crippen molar-refractivity contribution in [2.24, 2.45) is 5.92 Å². The Labute approximate surface area is 142 Å². The molecule has 118 valence electrons. The van der Waals surface area contributed by atoms with E-state index in [0.717, 1.165) is 16.0 Å². The van der Waals surface area contributed by atoms with Gasteiger partial charge >= 0.3 is 0 Å². The molecule has 2 nitrogen and oxygen atoms in total. The first-order chi connectivity index (χ1) is 10.0. The second kappa shape index (κ2) is 7.96. The molecule has 2 unspecified atom stereocenters. The standard InChI is InChI=1S/C17H26BrClN2/c1-12(2)21-9-5-4-6-13(11-20-3)17(21)15-8-7-14(19)10-16(15)18/h7-8,10,12-13,17,20H,4-6,9,11H2,1-3H3. The Morgan fingerprint density at radius 1 is 1.38 bits per heavy atom. The predicted octanol–water partition coefficient (Wildman–Crippen LogP) is 4.87. The van der Waals surface area contributed by atoms with Crippen LogP contribution < -0.4 is 5.32 Å². The third-order valence-corrected chi connectivity index (χ3v) is 5.38. The third kappa shape index (κ3) is 4.22. The fraction of sp³-hybridized carbons (Fsp3) is 0.647. The van der Waals surface area contributed by atoms with Crippen LogP contribution in [0.2, 0.25) is 5.02 Å². The summed E-state index contributed by atoms with van der Waals surface area (Å²) in [5.41, 5.74) is 1.37. The Hall–Kier alpha value is -0.0900. The van der Waals surface area contributed by atoms with Crippen molar-refractivity contribution in [2.75, 3.05) is 20.1 Å². The molecular formula is C17H26BrClN2. The summed E-state index contributed by atoms with van der Waals surface area (Å²) in [4.78, 5) is 2.66. The molecule has 0 aliphatic carbocycles. The first-order valence-electron chi connectivity index (χ1n) is 7.90. The molecule has 1 aliphatic heterocycles. The maximum atomic E-state index is 6.13. The molecule has 1 N–H and O–H groups in total. The van der Waals surface area contributed by atoms with Gasteiger partial charge in [0.1, 0.15) is 0 Å². The van der Waals surface area contributed by atoms with E-state index in [1.165, 1.54) is 31.4 Å². The molecule has 2 atom stereocenters. The van der Waals surface area contributed by atoms with Crippen LogP contribution in [0.15, 0.2) is 22.7 Å². The van der Waals surface area contributed by atoms with Crippen LogP contribution in [0.3, 0.4) is 0 Å². The van der Waals surface area contributed by atoms with Crippen LogP contribution in [-0.4, -0.2) is 31.1 Å². The van der Waals surface area contributed by atoms with E-state index < -0.39 is 0 Å². The Kier molecular flexibility index (Phi) is 6.54. The minimum absolute atomic E-state index is 0.451. The molecular weight excluding hydrogens is 348 g/mol. The van der Waals surface area contributed by atoms with Gasteiger partial charge in [-0.05, 0) is 70.4 Å². The van der Waals surface area contributed by atoms with Gasteiger partial charge in [0.15, 0.2) is 0 Å². The van der Waals surface area contributed by atoms with Crippen molar-refractivity contribution in [3.63, 3.8) is 0 Å². The average Bonchev–Trinajstić information content (AvgIpc) is 2.62. The van der Waals surface area contributed by atoms with Crippen LogP contribution in [-0.2, 0) is 0 Å². The van der Waals surface area contributed by atoms with E-state index in [1.54, 1.807) is 0 Å². The Morgan fingerprint density at radius 3 is 2.76 bits per heavy atom. The zero-order valence-corrected chi connectivity index (χ0v) is 15.5. The lowest BCUT2D eigenvalue weighted by molar-refractivity contribution is 0.118. The molecule has 0 spiro atoms. The van der Waals surface area contributed by atoms with Gasteiger partial charge < -0.3 is 5.32 Å². The zero-order valence-electron chi connectivity index (χ0n) is 13.2. The lowest BCUT2D eigenvalue weighted by atomic mass is 9.88. The van der Waals surface area contributed by atoms with Gasteiger partial charge in [0.25, 0.3) is 0 Å². The molecule has 1 heterocycles. The molecule has 2 rings (SSSR count). The van der Waals surface area contributed by atoms with Crippen molar-refractivity contribution in [1.82, 2.24) is 10.2 Å². The number of rotatable bonds is 4. The molecule has 0 bridgehead atoms. The van der Waals surface area contributed by atoms with Crippen LogP contribution in [0.1, 0.15) is 44.7 Å². The smallest absolute Gasteiger partial charge is 0.0417 e. The van der Waals surface area contributed by atoms with Gasteiger partial charge in [-0.2, -0.15) is 0 Å². The first kappa shape index (κ1) is 17.3. The summed E-state index contributed by atoms with van der Waals surface area (Å²) in [6.45, 7) is 6.84. The maximum absolute atomic E-state index is 6.13. The summed E-state index contributed by atoms with van der Waals surface area (Å²) >= 11 is 9.86. The van der Waals surface area contributed by atoms with Gasteiger partial charge in [-0.1, -0.05) is 40.0 Å². The summed E-state index contributed by atoms with van der Waals surface area (Å²) in [5, 5.41) is 4.18.